The van der Waals surface area contributed by atoms with Crippen LogP contribution in [-0.4, -0.2) is 31.5 Å². The highest BCUT2D eigenvalue weighted by Gasteiger charge is 2.11. The van der Waals surface area contributed by atoms with E-state index < -0.39 is 0 Å². The van der Waals surface area contributed by atoms with Gasteiger partial charge in [0.25, 0.3) is 0 Å². The summed E-state index contributed by atoms with van der Waals surface area (Å²) in [5.41, 5.74) is 7.74. The van der Waals surface area contributed by atoms with Crippen LogP contribution in [0.1, 0.15) is 12.0 Å². The van der Waals surface area contributed by atoms with Gasteiger partial charge in [0.1, 0.15) is 5.82 Å². The lowest BCUT2D eigenvalue weighted by Crippen LogP contribution is -2.27. The molecule has 106 valence electrons. The molecular formula is C15H20N4O. The first-order valence-electron chi connectivity index (χ1n) is 6.66. The molecule has 5 heteroatoms. The molecule has 5 nitrogen and oxygen atoms in total. The maximum Gasteiger partial charge on any atom is 0.221 e. The molecule has 20 heavy (non-hydrogen) atoms. The van der Waals surface area contributed by atoms with E-state index in [0.717, 1.165) is 22.3 Å². The van der Waals surface area contributed by atoms with Gasteiger partial charge in [0.2, 0.25) is 5.91 Å². The quantitative estimate of drug-likeness (QED) is 0.859. The Morgan fingerprint density at radius 3 is 2.85 bits per heavy atom. The number of para-hydroxylation sites is 1. The van der Waals surface area contributed by atoms with Crippen LogP contribution in [0.25, 0.3) is 10.9 Å². The molecule has 0 fully saturated rings. The summed E-state index contributed by atoms with van der Waals surface area (Å²) in [5.74, 6) is 0.863. The number of nitrogens with two attached hydrogens (primary N) is 1. The van der Waals surface area contributed by atoms with Crippen molar-refractivity contribution in [2.24, 2.45) is 5.73 Å². The Hall–Kier alpha value is -2.14. The lowest BCUT2D eigenvalue weighted by atomic mass is 10.1. The van der Waals surface area contributed by atoms with Crippen molar-refractivity contribution >= 4 is 22.6 Å². The monoisotopic (exact) mass is 272 g/mol. The molecule has 0 saturated heterocycles. The van der Waals surface area contributed by atoms with Crippen LogP contribution in [-0.2, 0) is 11.3 Å². The van der Waals surface area contributed by atoms with Gasteiger partial charge in [0.05, 0.1) is 5.52 Å². The van der Waals surface area contributed by atoms with Gasteiger partial charge in [0, 0.05) is 44.6 Å². The van der Waals surface area contributed by atoms with Crippen molar-refractivity contribution in [1.29, 1.82) is 0 Å². The van der Waals surface area contributed by atoms with E-state index >= 15 is 0 Å². The van der Waals surface area contributed by atoms with Crippen LogP contribution in [0.5, 0.6) is 0 Å². The SMILES string of the molecule is CNC(=O)CCN(C)c1nc2ccccc2cc1CN. The third-order valence-electron chi connectivity index (χ3n) is 3.31. The van der Waals surface area contributed by atoms with Crippen LogP contribution in [0.15, 0.2) is 30.3 Å². The van der Waals surface area contributed by atoms with Gasteiger partial charge >= 0.3 is 0 Å². The van der Waals surface area contributed by atoms with Crippen molar-refractivity contribution in [2.75, 3.05) is 25.5 Å². The third-order valence-corrected chi connectivity index (χ3v) is 3.31. The van der Waals surface area contributed by atoms with Gasteiger partial charge < -0.3 is 16.0 Å². The first-order valence-corrected chi connectivity index (χ1v) is 6.66. The van der Waals surface area contributed by atoms with E-state index in [-0.39, 0.29) is 5.91 Å². The van der Waals surface area contributed by atoms with Crippen molar-refractivity contribution in [2.45, 2.75) is 13.0 Å². The van der Waals surface area contributed by atoms with Gasteiger partial charge in [-0.3, -0.25) is 4.79 Å². The predicted molar refractivity (Wildman–Crippen MR) is 81.6 cm³/mol. The number of pyridine rings is 1. The number of rotatable bonds is 5. The zero-order valence-electron chi connectivity index (χ0n) is 11.9. The van der Waals surface area contributed by atoms with Gasteiger partial charge in [-0.25, -0.2) is 4.98 Å². The predicted octanol–water partition coefficient (Wildman–Crippen LogP) is 1.27. The molecule has 2 rings (SSSR count). The molecule has 0 aliphatic carbocycles. The highest BCUT2D eigenvalue weighted by Crippen LogP contribution is 2.22. The van der Waals surface area contributed by atoms with Crippen molar-refractivity contribution in [3.8, 4) is 0 Å². The number of nitrogens with zero attached hydrogens (tertiary/aromatic N) is 2. The molecular weight excluding hydrogens is 252 g/mol. The fourth-order valence-corrected chi connectivity index (χ4v) is 2.13. The molecule has 0 bridgehead atoms. The number of hydrogen-bond donors (Lipinski definition) is 2. The summed E-state index contributed by atoms with van der Waals surface area (Å²) in [6.07, 6.45) is 0.436. The summed E-state index contributed by atoms with van der Waals surface area (Å²) in [5, 5.41) is 3.70. The first kappa shape index (κ1) is 14.3. The number of carbonyl (C=O) groups is 1. The van der Waals surface area contributed by atoms with E-state index in [1.54, 1.807) is 7.05 Å². The molecule has 0 unspecified atom stereocenters. The Balaban J connectivity index is 2.29. The third kappa shape index (κ3) is 3.05. The molecule has 0 aliphatic heterocycles. The molecule has 2 aromatic rings. The maximum atomic E-state index is 11.3. The summed E-state index contributed by atoms with van der Waals surface area (Å²) in [4.78, 5) is 18.0. The number of nitrogens with one attached hydrogen (secondary N) is 1. The molecule has 0 spiro atoms. The van der Waals surface area contributed by atoms with Gasteiger partial charge in [-0.05, 0) is 12.1 Å². The maximum absolute atomic E-state index is 11.3. The van der Waals surface area contributed by atoms with Crippen LogP contribution < -0.4 is 16.0 Å². The van der Waals surface area contributed by atoms with Crippen molar-refractivity contribution in [1.82, 2.24) is 10.3 Å². The van der Waals surface area contributed by atoms with E-state index in [4.69, 9.17) is 5.73 Å². The van der Waals surface area contributed by atoms with E-state index in [1.165, 1.54) is 0 Å². The number of benzene rings is 1. The van der Waals surface area contributed by atoms with Crippen molar-refractivity contribution in [3.63, 3.8) is 0 Å². The molecule has 0 atom stereocenters. The molecule has 1 heterocycles. The lowest BCUT2D eigenvalue weighted by Gasteiger charge is -2.21. The highest BCUT2D eigenvalue weighted by atomic mass is 16.1. The minimum atomic E-state index is 0.0203. The number of carbonyl (C=O) groups excluding carboxylic acids is 1. The molecule has 0 radical (unpaired) electrons. The molecule has 1 amide bonds. The Bertz CT molecular complexity index is 612. The molecule has 1 aromatic heterocycles. The number of hydrogen-bond acceptors (Lipinski definition) is 4. The number of aromatic nitrogens is 1. The Kier molecular flexibility index (Phi) is 4.53. The summed E-state index contributed by atoms with van der Waals surface area (Å²) in [7, 11) is 3.57. The van der Waals surface area contributed by atoms with Crippen LogP contribution in [0.4, 0.5) is 5.82 Å². The first-order chi connectivity index (χ1) is 9.65. The zero-order chi connectivity index (χ0) is 14.5. The largest absolute Gasteiger partial charge is 0.359 e. The van der Waals surface area contributed by atoms with Crippen molar-refractivity contribution in [3.05, 3.63) is 35.9 Å². The molecule has 0 aliphatic rings. The van der Waals surface area contributed by atoms with Gasteiger partial charge in [-0.15, -0.1) is 0 Å². The molecule has 0 saturated carbocycles. The zero-order valence-corrected chi connectivity index (χ0v) is 11.9. The van der Waals surface area contributed by atoms with Crippen LogP contribution in [0.3, 0.4) is 0 Å². The van der Waals surface area contributed by atoms with Gasteiger partial charge in [-0.1, -0.05) is 18.2 Å². The summed E-state index contributed by atoms with van der Waals surface area (Å²) >= 11 is 0. The Morgan fingerprint density at radius 2 is 2.15 bits per heavy atom. The normalized spacial score (nSPS) is 10.6. The summed E-state index contributed by atoms with van der Waals surface area (Å²) in [6, 6.07) is 10.0. The Morgan fingerprint density at radius 1 is 1.40 bits per heavy atom. The molecule has 3 N–H and O–H groups in total. The summed E-state index contributed by atoms with van der Waals surface area (Å²) < 4.78 is 0. The van der Waals surface area contributed by atoms with Gasteiger partial charge in [0.15, 0.2) is 0 Å². The average molecular weight is 272 g/mol. The van der Waals surface area contributed by atoms with Crippen LogP contribution in [0.2, 0.25) is 0 Å². The second-order valence-corrected chi connectivity index (χ2v) is 4.71. The fraction of sp³-hybridized carbons (Fsp3) is 0.333. The lowest BCUT2D eigenvalue weighted by molar-refractivity contribution is -0.120. The minimum absolute atomic E-state index is 0.0203. The van der Waals surface area contributed by atoms with E-state index in [2.05, 4.69) is 16.4 Å². The fourth-order valence-electron chi connectivity index (χ4n) is 2.13. The second-order valence-electron chi connectivity index (χ2n) is 4.71. The smallest absolute Gasteiger partial charge is 0.221 e. The summed E-state index contributed by atoms with van der Waals surface area (Å²) in [6.45, 7) is 1.04. The second kappa shape index (κ2) is 6.34. The van der Waals surface area contributed by atoms with Gasteiger partial charge in [-0.2, -0.15) is 0 Å². The van der Waals surface area contributed by atoms with E-state index in [0.29, 0.717) is 19.5 Å². The van der Waals surface area contributed by atoms with Crippen LogP contribution in [0, 0.1) is 0 Å². The van der Waals surface area contributed by atoms with E-state index in [9.17, 15) is 4.79 Å². The number of amides is 1. The van der Waals surface area contributed by atoms with Crippen molar-refractivity contribution < 1.29 is 4.79 Å². The highest BCUT2D eigenvalue weighted by molar-refractivity contribution is 5.82. The molecule has 1 aromatic carbocycles. The van der Waals surface area contributed by atoms with Crippen LogP contribution >= 0.6 is 0 Å². The standard InChI is InChI=1S/C15H20N4O/c1-17-14(20)7-8-19(2)15-12(10-16)9-11-5-3-4-6-13(11)18-15/h3-6,9H,7-8,10,16H2,1-2H3,(H,17,20). The topological polar surface area (TPSA) is 71.2 Å². The minimum Gasteiger partial charge on any atom is -0.359 e. The number of fused-ring (bicyclic) bond motifs is 1. The Labute approximate surface area is 118 Å². The van der Waals surface area contributed by atoms with E-state index in [1.807, 2.05) is 36.2 Å². The average Bonchev–Trinajstić information content (AvgIpc) is 2.50. The number of anilines is 1.